The smallest absolute Gasteiger partial charge is 0.325 e. The summed E-state index contributed by atoms with van der Waals surface area (Å²) < 4.78 is 31.5. The van der Waals surface area contributed by atoms with E-state index in [4.69, 9.17) is 16.6 Å². The molecule has 0 spiro atoms. The van der Waals surface area contributed by atoms with E-state index in [1.165, 1.54) is 67.5 Å². The monoisotopic (exact) mass is 2010 g/mol. The zero-order valence-electron chi connectivity index (χ0n) is 52.8. The van der Waals surface area contributed by atoms with Crippen molar-refractivity contribution in [3.63, 3.8) is 0 Å². The highest BCUT2D eigenvalue weighted by Gasteiger charge is 2.40. The van der Waals surface area contributed by atoms with Crippen LogP contribution in [0.25, 0.3) is 44.1 Å². The third-order valence-electron chi connectivity index (χ3n) is 13.2. The number of fused-ring (bicyclic) bond motifs is 2. The van der Waals surface area contributed by atoms with E-state index in [0.29, 0.717) is 65.4 Å². The first-order valence-electron chi connectivity index (χ1n) is 28.2. The summed E-state index contributed by atoms with van der Waals surface area (Å²) in [6.45, 7) is 3.18. The summed E-state index contributed by atoms with van der Waals surface area (Å²) >= 11 is 34.1. The molecule has 2 fully saturated rings. The third-order valence-corrected chi connectivity index (χ3v) is 47.4. The van der Waals surface area contributed by atoms with E-state index in [0.717, 1.165) is 22.3 Å². The van der Waals surface area contributed by atoms with Crippen LogP contribution in [0, 0.1) is 13.8 Å². The standard InChI is InChI=1S/C27H25BrFN7O3.C16H15N5O3.C11H12BrFN2O.ClH.S9.S8.S7/c1-15-31-11-17(12-32-15)16-5-6-22-20(7-16)21(10-26(30)38)34-36(22)14-27(39)35-13-18(29)8-23(35)24(37)9-19-3-2-4-25(28)33-19;1-9-18-6-11(7-19-9)10-2-3-14-12(4-10)13(5-15(17)22)20-21(14)8-16(23)24;12-11-3-1-2-8(15-11)5-10(16)9-4-7(13)6-14-9;;1-3-5-7-9-8-6-4-2;1-3-5-7-8-6-4-2;1-3-5-7-6-4-2/h2-7,11-12,18,23H,8-10,13-14H2,1H3,(H2,30,38);2-4,6-7H,5,8H2,1H3,(H2,17,22)(H,23,24);1-3,7,9,14H,4-6H2;1H;;;/t18-,23+;;7-,9+;;;;/m1.1..../s1. The van der Waals surface area contributed by atoms with Gasteiger partial charge in [-0.05, 0) is 105 Å². The zero-order valence-corrected chi connectivity index (χ0v) is 76.4. The number of amides is 3. The number of pyridine rings is 2. The molecular weight excluding hydrogens is 1960 g/mol. The van der Waals surface area contributed by atoms with Gasteiger partial charge >= 0.3 is 5.97 Å². The number of carbonyl (C=O) groups is 6. The quantitative estimate of drug-likeness (QED) is 0.0847. The normalized spacial score (nSPS) is 14.2. The van der Waals surface area contributed by atoms with Gasteiger partial charge in [0.2, 0.25) is 17.7 Å². The molecule has 0 radical (unpaired) electrons. The van der Waals surface area contributed by atoms with E-state index in [9.17, 15) is 37.5 Å². The van der Waals surface area contributed by atoms with Crippen LogP contribution in [0.2, 0.25) is 0 Å². The number of ketones is 2. The number of hydrogen-bond donors (Lipinski definition) is 4. The fourth-order valence-corrected chi connectivity index (χ4v) is 42.9. The predicted molar refractivity (Wildman–Crippen MR) is 476 cm³/mol. The Morgan fingerprint density at radius 1 is 0.538 bits per heavy atom. The zero-order chi connectivity index (χ0) is 75.2. The number of Topliss-reactive ketones (excluding diaryl/α,β-unsaturated/α-hetero) is 2. The number of carboxylic acids is 1. The van der Waals surface area contributed by atoms with Gasteiger partial charge < -0.3 is 26.8 Å². The molecule has 2 aromatic carbocycles. The number of carboxylic acid groups (broad SMARTS) is 1. The average Bonchev–Trinajstić information content (AvgIpc) is 1.63. The van der Waals surface area contributed by atoms with Crippen LogP contribution in [0.3, 0.4) is 0 Å². The number of aromatic nitrogens is 10. The lowest BCUT2D eigenvalue weighted by Gasteiger charge is -2.23. The maximum Gasteiger partial charge on any atom is 0.325 e. The molecule has 0 bridgehead atoms. The summed E-state index contributed by atoms with van der Waals surface area (Å²) in [5.41, 5.74) is 17.3. The number of primary amides is 2. The summed E-state index contributed by atoms with van der Waals surface area (Å²) in [6.07, 6.45) is 4.89. The fourth-order valence-electron chi connectivity index (χ4n) is 9.25. The topological polar surface area (TPSA) is 303 Å². The molecule has 2 aliphatic heterocycles. The average molecular weight is 2010 g/mol. The predicted octanol–water partition coefficient (Wildman–Crippen LogP) is 5.67. The molecule has 8 heterocycles. The first-order chi connectivity index (χ1) is 49.5. The second-order valence-electron chi connectivity index (χ2n) is 20.0. The van der Waals surface area contributed by atoms with Gasteiger partial charge in [0.1, 0.15) is 46.3 Å². The van der Waals surface area contributed by atoms with Gasteiger partial charge in [-0.3, -0.25) is 38.1 Å². The molecule has 2 saturated heterocycles. The van der Waals surface area contributed by atoms with Crippen molar-refractivity contribution in [1.29, 1.82) is 0 Å². The fraction of sp³-hybridized carbons (Fsp3) is 0.296. The number of aliphatic carboxylic acids is 1. The van der Waals surface area contributed by atoms with Crippen LogP contribution in [-0.2, 0) is 295 Å². The Hall–Kier alpha value is -2.59. The lowest BCUT2D eigenvalue weighted by atomic mass is 10.0. The molecule has 2 aliphatic rings. The van der Waals surface area contributed by atoms with Gasteiger partial charge in [0.15, 0.2) is 11.6 Å². The van der Waals surface area contributed by atoms with Crippen LogP contribution in [0.5, 0.6) is 0 Å². The number of nitrogens with two attached hydrogens (primary N) is 2. The molecule has 21 nitrogen and oxygen atoms in total. The van der Waals surface area contributed by atoms with E-state index in [-0.39, 0.29) is 94.7 Å². The highest BCUT2D eigenvalue weighted by Crippen LogP contribution is 2.30. The number of nitrogens with zero attached hydrogens (tertiary/aromatic N) is 11. The van der Waals surface area contributed by atoms with E-state index >= 15 is 0 Å². The van der Waals surface area contributed by atoms with E-state index < -0.39 is 42.1 Å². The van der Waals surface area contributed by atoms with Gasteiger partial charge in [-0.1, -0.05) is 24.3 Å². The van der Waals surface area contributed by atoms with Crippen LogP contribution in [0.15, 0.2) is 107 Å². The van der Waals surface area contributed by atoms with Crippen molar-refractivity contribution < 1.29 is 42.7 Å². The SMILES string of the molecule is Cc1ncc(-c2ccc3c(c2)c(CC(N)=O)nn3CC(=O)N2C[C@H](F)C[C@H]2C(=O)Cc2cccc(Br)n2)cn1.Cc1ncc(-c2ccc3c(c2)c(CC(N)=O)nn3CC(=O)O)cn1.Cl.O=C(Cc1cccc(Br)n1)[C@@H]1C[C@@H](F)CN1.S=S=S=S=S=S=S.S=S=S=S=S=S=S=S.S=S=S=S=S=S=S=S=S. The van der Waals surface area contributed by atoms with Crippen LogP contribution < -0.4 is 16.8 Å². The number of hydrogen-bond acceptors (Lipinski definition) is 21. The Balaban J connectivity index is 0.000000299. The number of alkyl halides is 2. The van der Waals surface area contributed by atoms with Crippen LogP contribution in [0.4, 0.5) is 8.78 Å². The van der Waals surface area contributed by atoms with Gasteiger partial charge in [0.25, 0.3) is 0 Å². The van der Waals surface area contributed by atoms with Crippen LogP contribution in [-0.4, -0.2) is 132 Å². The van der Waals surface area contributed by atoms with Crippen molar-refractivity contribution in [2.75, 3.05) is 13.1 Å². The van der Waals surface area contributed by atoms with Crippen molar-refractivity contribution in [1.82, 2.24) is 59.7 Å². The molecule has 0 aliphatic carbocycles. The van der Waals surface area contributed by atoms with Gasteiger partial charge in [-0.25, -0.2) is 38.7 Å². The lowest BCUT2D eigenvalue weighted by Crippen LogP contribution is -2.43. The molecule has 8 aromatic rings. The van der Waals surface area contributed by atoms with Crippen LogP contribution in [0.1, 0.15) is 47.3 Å². The van der Waals surface area contributed by atoms with Gasteiger partial charge in [-0.15, -0.1) is 12.4 Å². The molecule has 4 atom stereocenters. The minimum atomic E-state index is -1.31. The Morgan fingerprint density at radius 3 is 1.31 bits per heavy atom. The molecule has 3 amide bonds. The van der Waals surface area contributed by atoms with Crippen molar-refractivity contribution in [2.24, 2.45) is 11.5 Å². The summed E-state index contributed by atoms with van der Waals surface area (Å²) in [6, 6.07) is 20.3. The first kappa shape index (κ1) is 93.8. The molecule has 104 heavy (non-hydrogen) atoms. The highest BCUT2D eigenvalue weighted by atomic mass is 79.9. The van der Waals surface area contributed by atoms with E-state index in [1.54, 1.807) is 188 Å². The van der Waals surface area contributed by atoms with Gasteiger partial charge in [0.05, 0.1) is 66.7 Å². The molecule has 6 N–H and O–H groups in total. The Labute approximate surface area is 698 Å². The number of benzene rings is 2. The Bertz CT molecular complexity index is 5220. The minimum Gasteiger partial charge on any atom is -0.480 e. The molecule has 0 saturated carbocycles. The van der Waals surface area contributed by atoms with Crippen molar-refractivity contribution >= 4 is 328 Å². The molecule has 10 rings (SSSR count). The van der Waals surface area contributed by atoms with Crippen molar-refractivity contribution in [2.45, 2.75) is 89.9 Å². The second kappa shape index (κ2) is 52.6. The summed E-state index contributed by atoms with van der Waals surface area (Å²) in [4.78, 5) is 98.8. The number of halogens is 5. The van der Waals surface area contributed by atoms with E-state index in [1.807, 2.05) is 30.3 Å². The third kappa shape index (κ3) is 34.4. The number of nitrogens with one attached hydrogen (secondary N) is 1. The molecule has 50 heteroatoms. The van der Waals surface area contributed by atoms with E-state index in [2.05, 4.69) is 144 Å². The number of aryl methyl sites for hydroxylation is 2. The maximum absolute atomic E-state index is 14.5. The largest absolute Gasteiger partial charge is 0.480 e. The summed E-state index contributed by atoms with van der Waals surface area (Å²) in [5, 5.41) is 21.9. The highest BCUT2D eigenvalue weighted by molar-refractivity contribution is 9.10. The molecular formula is C54H53Br2ClF2N14O7S24. The van der Waals surface area contributed by atoms with Crippen LogP contribution >= 0.6 is 44.3 Å². The maximum atomic E-state index is 14.5. The Morgan fingerprint density at radius 2 is 0.933 bits per heavy atom. The second-order valence-corrected chi connectivity index (χ2v) is 53.5. The molecule has 6 aromatic heterocycles. The Kier molecular flexibility index (Phi) is 47.4. The van der Waals surface area contributed by atoms with Gasteiger partial charge in [-0.2, -0.15) is 10.2 Å². The summed E-state index contributed by atoms with van der Waals surface area (Å²) in [5.74, 6) is -1.51. The van der Waals surface area contributed by atoms with Crippen molar-refractivity contribution in [3.8, 4) is 22.3 Å². The molecule has 560 valence electrons. The number of rotatable bonds is 16. The van der Waals surface area contributed by atoms with Crippen molar-refractivity contribution in [3.05, 3.63) is 141 Å². The summed E-state index contributed by atoms with van der Waals surface area (Å²) in [7, 11) is 27.4. The molecule has 0 unspecified atom stereocenters. The minimum absolute atomic E-state index is 0. The lowest BCUT2D eigenvalue weighted by molar-refractivity contribution is -0.138. The number of carbonyl (C=O) groups excluding carboxylic acids is 5. The van der Waals surface area contributed by atoms with Gasteiger partial charge in [0, 0.05) is 304 Å². The number of likely N-dealkylation sites (tertiary alicyclic amines) is 1. The first-order valence-corrected chi connectivity index (χ1v) is 57.8.